The highest BCUT2D eigenvalue weighted by Crippen LogP contribution is 2.12. The summed E-state index contributed by atoms with van der Waals surface area (Å²) in [5.41, 5.74) is 1.34. The number of methoxy groups -OCH3 is 1. The Hall–Kier alpha value is -1.06. The molecule has 20 heavy (non-hydrogen) atoms. The molecule has 1 aromatic rings. The van der Waals surface area contributed by atoms with Crippen LogP contribution in [-0.2, 0) is 11.2 Å². The van der Waals surface area contributed by atoms with E-state index < -0.39 is 0 Å². The Kier molecular flexibility index (Phi) is 9.09. The summed E-state index contributed by atoms with van der Waals surface area (Å²) in [5, 5.41) is 3.54. The van der Waals surface area contributed by atoms with Gasteiger partial charge >= 0.3 is 0 Å². The van der Waals surface area contributed by atoms with Gasteiger partial charge in [-0.2, -0.15) is 0 Å². The average molecular weight is 279 g/mol. The number of rotatable bonds is 11. The molecule has 0 radical (unpaired) electrons. The quantitative estimate of drug-likeness (QED) is 0.630. The summed E-state index contributed by atoms with van der Waals surface area (Å²) in [6.45, 7) is 7.19. The average Bonchev–Trinajstić information content (AvgIpc) is 2.47. The molecule has 0 aliphatic carbocycles. The molecule has 0 heterocycles. The van der Waals surface area contributed by atoms with Crippen molar-refractivity contribution in [2.75, 3.05) is 26.9 Å². The van der Waals surface area contributed by atoms with Gasteiger partial charge in [-0.05, 0) is 50.4 Å². The summed E-state index contributed by atoms with van der Waals surface area (Å²) in [6, 6.07) is 8.78. The Morgan fingerprint density at radius 3 is 2.45 bits per heavy atom. The molecule has 3 nitrogen and oxygen atoms in total. The molecular weight excluding hydrogens is 250 g/mol. The van der Waals surface area contributed by atoms with Crippen molar-refractivity contribution in [2.45, 2.75) is 45.6 Å². The molecule has 0 spiro atoms. The number of ether oxygens (including phenoxy) is 2. The predicted molar refractivity (Wildman–Crippen MR) is 84.5 cm³/mol. The normalized spacial score (nSPS) is 12.3. The minimum Gasteiger partial charge on any atom is -0.497 e. The van der Waals surface area contributed by atoms with Crippen LogP contribution in [0.5, 0.6) is 5.75 Å². The van der Waals surface area contributed by atoms with Gasteiger partial charge in [-0.3, -0.25) is 0 Å². The second kappa shape index (κ2) is 10.7. The summed E-state index contributed by atoms with van der Waals surface area (Å²) in [6.07, 6.45) is 4.50. The summed E-state index contributed by atoms with van der Waals surface area (Å²) < 4.78 is 10.7. The van der Waals surface area contributed by atoms with E-state index in [-0.39, 0.29) is 0 Å². The Bertz CT molecular complexity index is 337. The van der Waals surface area contributed by atoms with Crippen LogP contribution in [0.1, 0.15) is 38.7 Å². The van der Waals surface area contributed by atoms with Gasteiger partial charge in [0.05, 0.1) is 7.11 Å². The standard InChI is InChI=1S/C17H29NO2/c1-4-5-12-20-13-6-11-18-15(2)14-16-7-9-17(19-3)10-8-16/h7-10,15,18H,4-6,11-14H2,1-3H3. The lowest BCUT2D eigenvalue weighted by Crippen LogP contribution is -2.29. The van der Waals surface area contributed by atoms with Crippen LogP contribution in [0.3, 0.4) is 0 Å². The van der Waals surface area contributed by atoms with E-state index in [1.165, 1.54) is 18.4 Å². The fraction of sp³-hybridized carbons (Fsp3) is 0.647. The molecule has 1 N–H and O–H groups in total. The van der Waals surface area contributed by atoms with Crippen LogP contribution in [-0.4, -0.2) is 32.9 Å². The number of hydrogen-bond donors (Lipinski definition) is 1. The molecule has 1 atom stereocenters. The maximum atomic E-state index is 5.55. The van der Waals surface area contributed by atoms with Crippen molar-refractivity contribution in [3.05, 3.63) is 29.8 Å². The zero-order valence-electron chi connectivity index (χ0n) is 13.2. The van der Waals surface area contributed by atoms with Gasteiger partial charge in [-0.15, -0.1) is 0 Å². The SMILES string of the molecule is CCCCOCCCNC(C)Cc1ccc(OC)cc1. The first-order chi connectivity index (χ1) is 9.76. The van der Waals surface area contributed by atoms with Crippen LogP contribution in [0.25, 0.3) is 0 Å². The van der Waals surface area contributed by atoms with Gasteiger partial charge in [-0.1, -0.05) is 25.5 Å². The third-order valence-corrected chi connectivity index (χ3v) is 3.30. The first-order valence-corrected chi connectivity index (χ1v) is 7.70. The molecule has 0 aliphatic rings. The Balaban J connectivity index is 2.08. The lowest BCUT2D eigenvalue weighted by molar-refractivity contribution is 0.128. The van der Waals surface area contributed by atoms with Gasteiger partial charge in [0.25, 0.3) is 0 Å². The Morgan fingerprint density at radius 2 is 1.80 bits per heavy atom. The fourth-order valence-corrected chi connectivity index (χ4v) is 2.06. The molecule has 1 unspecified atom stereocenters. The molecule has 0 bridgehead atoms. The number of nitrogens with one attached hydrogen (secondary N) is 1. The van der Waals surface area contributed by atoms with E-state index in [1.807, 2.05) is 12.1 Å². The minimum atomic E-state index is 0.485. The van der Waals surface area contributed by atoms with E-state index in [0.29, 0.717) is 6.04 Å². The number of hydrogen-bond acceptors (Lipinski definition) is 3. The van der Waals surface area contributed by atoms with Crippen molar-refractivity contribution in [2.24, 2.45) is 0 Å². The lowest BCUT2D eigenvalue weighted by Gasteiger charge is -2.14. The van der Waals surface area contributed by atoms with E-state index >= 15 is 0 Å². The zero-order chi connectivity index (χ0) is 14.6. The summed E-state index contributed by atoms with van der Waals surface area (Å²) in [4.78, 5) is 0. The maximum Gasteiger partial charge on any atom is 0.118 e. The number of benzene rings is 1. The molecule has 0 aliphatic heterocycles. The summed E-state index contributed by atoms with van der Waals surface area (Å²) in [5.74, 6) is 0.915. The third kappa shape index (κ3) is 7.51. The predicted octanol–water partition coefficient (Wildman–Crippen LogP) is 3.42. The molecule has 114 valence electrons. The molecular formula is C17H29NO2. The molecule has 0 amide bonds. The summed E-state index contributed by atoms with van der Waals surface area (Å²) in [7, 11) is 1.70. The van der Waals surface area contributed by atoms with Crippen LogP contribution < -0.4 is 10.1 Å². The highest BCUT2D eigenvalue weighted by Gasteiger charge is 2.03. The van der Waals surface area contributed by atoms with Crippen LogP contribution >= 0.6 is 0 Å². The van der Waals surface area contributed by atoms with Crippen LogP contribution in [0, 0.1) is 0 Å². The highest BCUT2D eigenvalue weighted by molar-refractivity contribution is 5.27. The third-order valence-electron chi connectivity index (χ3n) is 3.30. The van der Waals surface area contributed by atoms with Gasteiger partial charge < -0.3 is 14.8 Å². The van der Waals surface area contributed by atoms with Crippen molar-refractivity contribution in [1.82, 2.24) is 5.32 Å². The van der Waals surface area contributed by atoms with Crippen molar-refractivity contribution in [3.8, 4) is 5.75 Å². The highest BCUT2D eigenvalue weighted by atomic mass is 16.5. The monoisotopic (exact) mass is 279 g/mol. The lowest BCUT2D eigenvalue weighted by atomic mass is 10.1. The number of unbranched alkanes of at least 4 members (excludes halogenated alkanes) is 1. The van der Waals surface area contributed by atoms with E-state index in [2.05, 4.69) is 31.3 Å². The molecule has 0 fully saturated rings. The first-order valence-electron chi connectivity index (χ1n) is 7.70. The molecule has 0 saturated carbocycles. The fourth-order valence-electron chi connectivity index (χ4n) is 2.06. The molecule has 0 aromatic heterocycles. The van der Waals surface area contributed by atoms with Gasteiger partial charge in [-0.25, -0.2) is 0 Å². The van der Waals surface area contributed by atoms with Gasteiger partial charge in [0.1, 0.15) is 5.75 Å². The van der Waals surface area contributed by atoms with E-state index in [1.54, 1.807) is 7.11 Å². The van der Waals surface area contributed by atoms with Gasteiger partial charge in [0.2, 0.25) is 0 Å². The smallest absolute Gasteiger partial charge is 0.118 e. The van der Waals surface area contributed by atoms with Crippen molar-refractivity contribution >= 4 is 0 Å². The van der Waals surface area contributed by atoms with Gasteiger partial charge in [0, 0.05) is 19.3 Å². The van der Waals surface area contributed by atoms with Crippen LogP contribution in [0.2, 0.25) is 0 Å². The van der Waals surface area contributed by atoms with Crippen molar-refractivity contribution in [3.63, 3.8) is 0 Å². The van der Waals surface area contributed by atoms with Gasteiger partial charge in [0.15, 0.2) is 0 Å². The minimum absolute atomic E-state index is 0.485. The van der Waals surface area contributed by atoms with Crippen molar-refractivity contribution < 1.29 is 9.47 Å². The largest absolute Gasteiger partial charge is 0.497 e. The molecule has 1 aromatic carbocycles. The second-order valence-electron chi connectivity index (χ2n) is 5.23. The zero-order valence-corrected chi connectivity index (χ0v) is 13.2. The van der Waals surface area contributed by atoms with Crippen LogP contribution in [0.15, 0.2) is 24.3 Å². The first kappa shape index (κ1) is 17.0. The Morgan fingerprint density at radius 1 is 1.10 bits per heavy atom. The summed E-state index contributed by atoms with van der Waals surface area (Å²) >= 11 is 0. The Labute approximate surface area is 123 Å². The van der Waals surface area contributed by atoms with Crippen molar-refractivity contribution in [1.29, 1.82) is 0 Å². The molecule has 3 heteroatoms. The topological polar surface area (TPSA) is 30.5 Å². The van der Waals surface area contributed by atoms with E-state index in [4.69, 9.17) is 9.47 Å². The molecule has 0 saturated heterocycles. The second-order valence-corrected chi connectivity index (χ2v) is 5.23. The maximum absolute atomic E-state index is 5.55. The van der Waals surface area contributed by atoms with E-state index in [0.717, 1.165) is 38.3 Å². The van der Waals surface area contributed by atoms with Crippen LogP contribution in [0.4, 0.5) is 0 Å². The molecule has 1 rings (SSSR count). The van der Waals surface area contributed by atoms with E-state index in [9.17, 15) is 0 Å².